The first kappa shape index (κ1) is 26.7. The minimum Gasteiger partial charge on any atom is -0.383 e. The van der Waals surface area contributed by atoms with Crippen LogP contribution in [-0.2, 0) is 28.9 Å². The number of fused-ring (bicyclic) bond motifs is 1. The Bertz CT molecular complexity index is 1570. The molecule has 0 unspecified atom stereocenters. The van der Waals surface area contributed by atoms with Gasteiger partial charge in [0, 0.05) is 66.6 Å². The number of hydrogen-bond acceptors (Lipinski definition) is 8. The number of anilines is 1. The molecule has 3 aliphatic rings. The van der Waals surface area contributed by atoms with Gasteiger partial charge >= 0.3 is 6.18 Å². The predicted octanol–water partition coefficient (Wildman–Crippen LogP) is 2.64. The highest BCUT2D eigenvalue weighted by molar-refractivity contribution is 6.05. The van der Waals surface area contributed by atoms with Crippen LogP contribution in [0.25, 0.3) is 11.3 Å². The van der Waals surface area contributed by atoms with Gasteiger partial charge in [0.25, 0.3) is 5.91 Å². The van der Waals surface area contributed by atoms with Crippen molar-refractivity contribution >= 4 is 23.5 Å². The van der Waals surface area contributed by atoms with E-state index in [1.54, 1.807) is 12.1 Å². The van der Waals surface area contributed by atoms with Crippen LogP contribution in [-0.4, -0.2) is 61.6 Å². The van der Waals surface area contributed by atoms with Crippen molar-refractivity contribution in [2.75, 3.05) is 18.8 Å². The molecule has 3 amide bonds. The Morgan fingerprint density at radius 3 is 2.39 bits per heavy atom. The van der Waals surface area contributed by atoms with E-state index in [-0.39, 0.29) is 53.5 Å². The molecule has 10 nitrogen and oxygen atoms in total. The molecular weight excluding hydrogens is 546 g/mol. The zero-order valence-corrected chi connectivity index (χ0v) is 21.4. The van der Waals surface area contributed by atoms with Crippen molar-refractivity contribution in [2.45, 2.75) is 44.1 Å². The van der Waals surface area contributed by atoms with Crippen molar-refractivity contribution in [1.82, 2.24) is 30.1 Å². The summed E-state index contributed by atoms with van der Waals surface area (Å²) in [6, 6.07) is 5.45. The smallest absolute Gasteiger partial charge is 0.383 e. The Morgan fingerprint density at radius 1 is 1.02 bits per heavy atom. The Balaban J connectivity index is 1.13. The minimum absolute atomic E-state index is 0.0979. The standard InChI is InChI=1S/C27H23F4N7O3/c28-22-17(3-2-16-18(22)12-38(26(16)41)20-5-6-21(39)36-25(20)40)19-4-1-13(23(32)35-19)9-37-10-14(11-37)24-33-7-15(8-34-24)27(29,30)31/h1-4,7-8,14,20H,5-6,9-12H2,(H2,32,35)(H,36,39,40)/t20-/m0/s1. The lowest BCUT2D eigenvalue weighted by atomic mass is 9.98. The van der Waals surface area contributed by atoms with Crippen molar-refractivity contribution < 1.29 is 31.9 Å². The van der Waals surface area contributed by atoms with Crippen LogP contribution in [0.2, 0.25) is 0 Å². The fourth-order valence-electron chi connectivity index (χ4n) is 5.39. The van der Waals surface area contributed by atoms with Crippen LogP contribution in [0, 0.1) is 5.82 Å². The van der Waals surface area contributed by atoms with Gasteiger partial charge in [-0.15, -0.1) is 0 Å². The van der Waals surface area contributed by atoms with E-state index in [0.717, 1.165) is 12.4 Å². The van der Waals surface area contributed by atoms with Gasteiger partial charge in [0.05, 0.1) is 17.8 Å². The molecule has 1 atom stereocenters. The van der Waals surface area contributed by atoms with Crippen molar-refractivity contribution in [3.05, 3.63) is 70.6 Å². The van der Waals surface area contributed by atoms with Gasteiger partial charge in [0.2, 0.25) is 11.8 Å². The minimum atomic E-state index is -4.49. The number of nitrogens with one attached hydrogen (secondary N) is 1. The van der Waals surface area contributed by atoms with Crippen LogP contribution >= 0.6 is 0 Å². The third-order valence-electron chi connectivity index (χ3n) is 7.65. The number of hydrogen-bond donors (Lipinski definition) is 2. The zero-order chi connectivity index (χ0) is 29.1. The number of alkyl halides is 3. The van der Waals surface area contributed by atoms with E-state index in [1.165, 1.54) is 17.0 Å². The maximum Gasteiger partial charge on any atom is 0.419 e. The molecule has 0 radical (unpaired) electrons. The number of piperidine rings is 1. The molecular formula is C27H23F4N7O3. The fourth-order valence-corrected chi connectivity index (χ4v) is 5.39. The molecule has 0 bridgehead atoms. The monoisotopic (exact) mass is 569 g/mol. The first-order valence-electron chi connectivity index (χ1n) is 12.8. The molecule has 0 aliphatic carbocycles. The number of pyridine rings is 1. The maximum absolute atomic E-state index is 15.6. The van der Waals surface area contributed by atoms with E-state index < -0.39 is 41.3 Å². The van der Waals surface area contributed by atoms with E-state index in [1.807, 2.05) is 4.90 Å². The van der Waals surface area contributed by atoms with Crippen LogP contribution < -0.4 is 11.1 Å². The molecule has 212 valence electrons. The molecule has 1 aromatic carbocycles. The van der Waals surface area contributed by atoms with Gasteiger partial charge in [0.1, 0.15) is 23.5 Å². The van der Waals surface area contributed by atoms with Crippen molar-refractivity contribution in [3.63, 3.8) is 0 Å². The number of nitrogens with zero attached hydrogens (tertiary/aromatic N) is 5. The second-order valence-electron chi connectivity index (χ2n) is 10.3. The highest BCUT2D eigenvalue weighted by Gasteiger charge is 2.41. The van der Waals surface area contributed by atoms with Gasteiger partial charge < -0.3 is 10.6 Å². The molecule has 6 rings (SSSR count). The number of nitrogens with two attached hydrogens (primary N) is 1. The first-order valence-corrected chi connectivity index (χ1v) is 12.8. The van der Waals surface area contributed by atoms with Crippen molar-refractivity contribution in [3.8, 4) is 11.3 Å². The molecule has 5 heterocycles. The number of carbonyl (C=O) groups excluding carboxylic acids is 3. The van der Waals surface area contributed by atoms with Crippen LogP contribution in [0.3, 0.4) is 0 Å². The van der Waals surface area contributed by atoms with Crippen LogP contribution in [0.4, 0.5) is 23.4 Å². The predicted molar refractivity (Wildman–Crippen MR) is 135 cm³/mol. The van der Waals surface area contributed by atoms with Gasteiger partial charge in [-0.25, -0.2) is 19.3 Å². The Kier molecular flexibility index (Phi) is 6.44. The molecule has 3 aromatic rings. The number of rotatable bonds is 5. The van der Waals surface area contributed by atoms with Gasteiger partial charge in [0.15, 0.2) is 0 Å². The second-order valence-corrected chi connectivity index (χ2v) is 10.3. The van der Waals surface area contributed by atoms with Crippen LogP contribution in [0.15, 0.2) is 36.7 Å². The van der Waals surface area contributed by atoms with Crippen molar-refractivity contribution in [1.29, 1.82) is 0 Å². The number of imide groups is 1. The normalized spacial score (nSPS) is 19.8. The summed E-state index contributed by atoms with van der Waals surface area (Å²) < 4.78 is 53.8. The largest absolute Gasteiger partial charge is 0.419 e. The summed E-state index contributed by atoms with van der Waals surface area (Å²) >= 11 is 0. The topological polar surface area (TPSA) is 134 Å². The molecule has 2 fully saturated rings. The molecule has 0 spiro atoms. The average molecular weight is 570 g/mol. The fraction of sp³-hybridized carbons (Fsp3) is 0.333. The Labute approximate surface area is 230 Å². The highest BCUT2D eigenvalue weighted by atomic mass is 19.4. The molecule has 2 saturated heterocycles. The summed E-state index contributed by atoms with van der Waals surface area (Å²) in [4.78, 5) is 52.1. The Morgan fingerprint density at radius 2 is 1.73 bits per heavy atom. The summed E-state index contributed by atoms with van der Waals surface area (Å²) in [5.74, 6) is -1.65. The quantitative estimate of drug-likeness (QED) is 0.354. The average Bonchev–Trinajstić information content (AvgIpc) is 3.23. The SMILES string of the molecule is Nc1nc(-c2ccc3c(c2F)CN([C@H]2CCC(=O)NC2=O)C3=O)ccc1CN1CC(c2ncc(C(F)(F)F)cn2)C1. The first-order chi connectivity index (χ1) is 19.5. The summed E-state index contributed by atoms with van der Waals surface area (Å²) in [7, 11) is 0. The van der Waals surface area contributed by atoms with E-state index >= 15 is 4.39 Å². The maximum atomic E-state index is 15.6. The summed E-state index contributed by atoms with van der Waals surface area (Å²) in [5, 5.41) is 2.22. The van der Waals surface area contributed by atoms with E-state index in [9.17, 15) is 27.6 Å². The van der Waals surface area contributed by atoms with Gasteiger partial charge in [-0.2, -0.15) is 13.2 Å². The third kappa shape index (κ3) is 4.88. The molecule has 2 aromatic heterocycles. The summed E-state index contributed by atoms with van der Waals surface area (Å²) in [6.45, 7) is 1.39. The van der Waals surface area contributed by atoms with E-state index in [2.05, 4.69) is 20.3 Å². The lowest BCUT2D eigenvalue weighted by molar-refractivity contribution is -0.138. The van der Waals surface area contributed by atoms with Gasteiger partial charge in [-0.3, -0.25) is 24.6 Å². The van der Waals surface area contributed by atoms with Crippen LogP contribution in [0.1, 0.15) is 51.6 Å². The van der Waals surface area contributed by atoms with Crippen LogP contribution in [0.5, 0.6) is 0 Å². The molecule has 0 saturated carbocycles. The molecule has 14 heteroatoms. The molecule has 3 aliphatic heterocycles. The second kappa shape index (κ2) is 9.87. The number of likely N-dealkylation sites (tertiary alicyclic amines) is 1. The highest BCUT2D eigenvalue weighted by Crippen LogP contribution is 2.35. The lowest BCUT2D eigenvalue weighted by Gasteiger charge is -2.38. The van der Waals surface area contributed by atoms with E-state index in [4.69, 9.17) is 5.73 Å². The molecule has 41 heavy (non-hydrogen) atoms. The number of amides is 3. The number of aromatic nitrogens is 3. The lowest BCUT2D eigenvalue weighted by Crippen LogP contribution is -2.52. The molecule has 3 N–H and O–H groups in total. The van der Waals surface area contributed by atoms with E-state index in [0.29, 0.717) is 31.0 Å². The number of benzene rings is 1. The Hall–Kier alpha value is -4.46. The summed E-state index contributed by atoms with van der Waals surface area (Å²) in [5.41, 5.74) is 6.74. The zero-order valence-electron chi connectivity index (χ0n) is 21.4. The van der Waals surface area contributed by atoms with Gasteiger partial charge in [-0.1, -0.05) is 6.07 Å². The summed E-state index contributed by atoms with van der Waals surface area (Å²) in [6.07, 6.45) is -2.65. The third-order valence-corrected chi connectivity index (χ3v) is 7.65. The van der Waals surface area contributed by atoms with Crippen molar-refractivity contribution in [2.24, 2.45) is 0 Å². The number of halogens is 4. The number of nitrogen functional groups attached to an aromatic ring is 1. The van der Waals surface area contributed by atoms with Gasteiger partial charge in [-0.05, 0) is 24.6 Å². The number of carbonyl (C=O) groups is 3.